The van der Waals surface area contributed by atoms with Crippen molar-refractivity contribution < 1.29 is 0 Å². The predicted octanol–water partition coefficient (Wildman–Crippen LogP) is 1.86. The van der Waals surface area contributed by atoms with Gasteiger partial charge < -0.3 is 5.32 Å². The van der Waals surface area contributed by atoms with Crippen LogP contribution in [0.25, 0.3) is 0 Å². The zero-order valence-corrected chi connectivity index (χ0v) is 9.63. The number of nitrogens with one attached hydrogen (secondary N) is 1. The Balaban J connectivity index is 1.74. The lowest BCUT2D eigenvalue weighted by atomic mass is 9.81. The lowest BCUT2D eigenvalue weighted by molar-refractivity contribution is 0.122. The molecule has 2 unspecified atom stereocenters. The minimum Gasteiger partial charge on any atom is -0.312 e. The van der Waals surface area contributed by atoms with Gasteiger partial charge in [-0.2, -0.15) is 0 Å². The molecule has 1 saturated carbocycles. The van der Waals surface area contributed by atoms with Gasteiger partial charge in [-0.3, -0.25) is 4.90 Å². The Morgan fingerprint density at radius 3 is 2.79 bits per heavy atom. The Labute approximate surface area is 88.1 Å². The van der Waals surface area contributed by atoms with Crippen molar-refractivity contribution in [2.24, 2.45) is 5.92 Å². The Kier molecular flexibility index (Phi) is 3.45. The minimum absolute atomic E-state index is 0.688. The maximum absolute atomic E-state index is 3.51. The second-order valence-electron chi connectivity index (χ2n) is 5.23. The topological polar surface area (TPSA) is 15.3 Å². The molecule has 2 heteroatoms. The summed E-state index contributed by atoms with van der Waals surface area (Å²) in [5.41, 5.74) is 0. The van der Waals surface area contributed by atoms with Gasteiger partial charge in [0.05, 0.1) is 0 Å². The molecule has 2 nitrogen and oxygen atoms in total. The van der Waals surface area contributed by atoms with Crippen molar-refractivity contribution in [3.63, 3.8) is 0 Å². The molecule has 0 aromatic rings. The van der Waals surface area contributed by atoms with E-state index in [1.54, 1.807) is 0 Å². The number of rotatable bonds is 3. The molecule has 2 aliphatic rings. The van der Waals surface area contributed by atoms with Crippen LogP contribution >= 0.6 is 0 Å². The first-order valence-electron chi connectivity index (χ1n) is 6.23. The summed E-state index contributed by atoms with van der Waals surface area (Å²) in [5.74, 6) is 1.05. The number of hydrogen-bond acceptors (Lipinski definition) is 2. The zero-order chi connectivity index (χ0) is 9.97. The van der Waals surface area contributed by atoms with Crippen LogP contribution < -0.4 is 5.32 Å². The van der Waals surface area contributed by atoms with E-state index in [4.69, 9.17) is 0 Å². The quantitative estimate of drug-likeness (QED) is 0.741. The fraction of sp³-hybridized carbons (Fsp3) is 1.00. The first kappa shape index (κ1) is 10.4. The third kappa shape index (κ3) is 2.48. The summed E-state index contributed by atoms with van der Waals surface area (Å²) in [7, 11) is 0. The van der Waals surface area contributed by atoms with E-state index in [2.05, 4.69) is 24.1 Å². The smallest absolute Gasteiger partial charge is 0.0167 e. The fourth-order valence-electron chi connectivity index (χ4n) is 2.72. The van der Waals surface area contributed by atoms with Crippen LogP contribution in [0.1, 0.15) is 39.5 Å². The van der Waals surface area contributed by atoms with Gasteiger partial charge in [0.15, 0.2) is 0 Å². The van der Waals surface area contributed by atoms with Gasteiger partial charge in [0.1, 0.15) is 0 Å². The molecular formula is C12H24N2. The Morgan fingerprint density at radius 1 is 1.43 bits per heavy atom. The lowest BCUT2D eigenvalue weighted by Gasteiger charge is -2.39. The summed E-state index contributed by atoms with van der Waals surface area (Å²) in [6.07, 6.45) is 5.90. The van der Waals surface area contributed by atoms with Crippen LogP contribution in [0.2, 0.25) is 0 Å². The van der Waals surface area contributed by atoms with E-state index in [9.17, 15) is 0 Å². The highest BCUT2D eigenvalue weighted by molar-refractivity contribution is 4.82. The summed E-state index contributed by atoms with van der Waals surface area (Å²) in [6.45, 7) is 8.38. The molecule has 0 amide bonds. The molecular weight excluding hydrogens is 172 g/mol. The number of hydrogen-bond donors (Lipinski definition) is 1. The summed E-state index contributed by atoms with van der Waals surface area (Å²) in [4.78, 5) is 2.67. The van der Waals surface area contributed by atoms with Crippen molar-refractivity contribution in [3.05, 3.63) is 0 Å². The summed E-state index contributed by atoms with van der Waals surface area (Å²) in [6, 6.07) is 1.50. The molecule has 0 radical (unpaired) electrons. The highest BCUT2D eigenvalue weighted by Crippen LogP contribution is 2.31. The summed E-state index contributed by atoms with van der Waals surface area (Å²) >= 11 is 0. The average Bonchev–Trinajstić information content (AvgIpc) is 2.11. The number of piperazine rings is 1. The van der Waals surface area contributed by atoms with Crippen LogP contribution in [-0.4, -0.2) is 36.6 Å². The van der Waals surface area contributed by atoms with Crippen molar-refractivity contribution in [1.82, 2.24) is 10.2 Å². The van der Waals surface area contributed by atoms with Crippen LogP contribution in [0.3, 0.4) is 0 Å². The standard InChI is InChI=1S/C12H24N2/c1-10-9-14(7-6-13-10)11(2)8-12-4-3-5-12/h10-13H,3-9H2,1-2H3. The van der Waals surface area contributed by atoms with E-state index in [0.29, 0.717) is 6.04 Å². The van der Waals surface area contributed by atoms with Crippen LogP contribution in [0, 0.1) is 5.92 Å². The molecule has 0 bridgehead atoms. The minimum atomic E-state index is 0.688. The van der Waals surface area contributed by atoms with Gasteiger partial charge in [0, 0.05) is 31.7 Å². The largest absolute Gasteiger partial charge is 0.312 e. The molecule has 1 N–H and O–H groups in total. The number of nitrogens with zero attached hydrogens (tertiary/aromatic N) is 1. The van der Waals surface area contributed by atoms with Gasteiger partial charge in [-0.05, 0) is 26.2 Å². The maximum Gasteiger partial charge on any atom is 0.0167 e. The summed E-state index contributed by atoms with van der Waals surface area (Å²) in [5, 5.41) is 3.51. The van der Waals surface area contributed by atoms with Crippen LogP contribution in [0.4, 0.5) is 0 Å². The molecule has 1 aliphatic heterocycles. The normalized spacial score (nSPS) is 32.6. The van der Waals surface area contributed by atoms with Gasteiger partial charge in [-0.25, -0.2) is 0 Å². The fourth-order valence-corrected chi connectivity index (χ4v) is 2.72. The first-order chi connectivity index (χ1) is 6.75. The molecule has 0 spiro atoms. The second-order valence-corrected chi connectivity index (χ2v) is 5.23. The van der Waals surface area contributed by atoms with Crippen molar-refractivity contribution in [2.75, 3.05) is 19.6 Å². The third-order valence-corrected chi connectivity index (χ3v) is 3.92. The average molecular weight is 196 g/mol. The van der Waals surface area contributed by atoms with Gasteiger partial charge in [0.25, 0.3) is 0 Å². The van der Waals surface area contributed by atoms with Crippen LogP contribution in [-0.2, 0) is 0 Å². The lowest BCUT2D eigenvalue weighted by Crippen LogP contribution is -2.52. The van der Waals surface area contributed by atoms with E-state index in [1.807, 2.05) is 0 Å². The van der Waals surface area contributed by atoms with Crippen molar-refractivity contribution in [1.29, 1.82) is 0 Å². The second kappa shape index (κ2) is 4.63. The Hall–Kier alpha value is -0.0800. The molecule has 14 heavy (non-hydrogen) atoms. The van der Waals surface area contributed by atoms with E-state index < -0.39 is 0 Å². The molecule has 82 valence electrons. The van der Waals surface area contributed by atoms with Crippen molar-refractivity contribution >= 4 is 0 Å². The summed E-state index contributed by atoms with van der Waals surface area (Å²) < 4.78 is 0. The first-order valence-corrected chi connectivity index (χ1v) is 6.23. The van der Waals surface area contributed by atoms with E-state index >= 15 is 0 Å². The predicted molar refractivity (Wildman–Crippen MR) is 60.5 cm³/mol. The SMILES string of the molecule is CC1CN(C(C)CC2CCC2)CCN1. The van der Waals surface area contributed by atoms with Crippen molar-refractivity contribution in [3.8, 4) is 0 Å². The Morgan fingerprint density at radius 2 is 2.21 bits per heavy atom. The van der Waals surface area contributed by atoms with E-state index in [-0.39, 0.29) is 0 Å². The third-order valence-electron chi connectivity index (χ3n) is 3.92. The monoisotopic (exact) mass is 196 g/mol. The molecule has 0 aromatic carbocycles. The zero-order valence-electron chi connectivity index (χ0n) is 9.63. The van der Waals surface area contributed by atoms with Gasteiger partial charge in [-0.15, -0.1) is 0 Å². The van der Waals surface area contributed by atoms with E-state index in [0.717, 1.165) is 12.0 Å². The van der Waals surface area contributed by atoms with Gasteiger partial charge in [-0.1, -0.05) is 19.3 Å². The highest BCUT2D eigenvalue weighted by atomic mass is 15.2. The molecule has 1 aliphatic carbocycles. The van der Waals surface area contributed by atoms with Gasteiger partial charge in [0.2, 0.25) is 0 Å². The van der Waals surface area contributed by atoms with Gasteiger partial charge >= 0.3 is 0 Å². The van der Waals surface area contributed by atoms with E-state index in [1.165, 1.54) is 45.3 Å². The highest BCUT2D eigenvalue weighted by Gasteiger charge is 2.25. The molecule has 1 heterocycles. The molecule has 2 atom stereocenters. The molecule has 1 saturated heterocycles. The molecule has 0 aromatic heterocycles. The Bertz CT molecular complexity index is 177. The molecule has 2 rings (SSSR count). The maximum atomic E-state index is 3.51. The van der Waals surface area contributed by atoms with Crippen LogP contribution in [0.5, 0.6) is 0 Å². The van der Waals surface area contributed by atoms with Crippen molar-refractivity contribution in [2.45, 2.75) is 51.6 Å². The molecule has 2 fully saturated rings. The van der Waals surface area contributed by atoms with Crippen LogP contribution in [0.15, 0.2) is 0 Å².